The van der Waals surface area contributed by atoms with Crippen molar-refractivity contribution in [3.63, 3.8) is 0 Å². The second-order valence-electron chi connectivity index (χ2n) is 15.3. The predicted octanol–water partition coefficient (Wildman–Crippen LogP) is 7.82. The molecule has 0 atom stereocenters. The van der Waals surface area contributed by atoms with Gasteiger partial charge in [-0.3, -0.25) is 9.59 Å². The summed E-state index contributed by atoms with van der Waals surface area (Å²) in [6, 6.07) is 27.1. The highest BCUT2D eigenvalue weighted by Gasteiger charge is 2.36. The van der Waals surface area contributed by atoms with Gasteiger partial charge in [0.15, 0.2) is 0 Å². The number of carbonyl (C=O) groups excluding carboxylic acids is 4. The second kappa shape index (κ2) is 19.3. The number of carbonyl (C=O) groups is 4. The number of piperidine rings is 2. The zero-order valence-electron chi connectivity index (χ0n) is 34.2. The molecule has 6 rings (SSSR count). The molecule has 0 saturated carbocycles. The molecule has 2 heterocycles. The van der Waals surface area contributed by atoms with E-state index >= 15 is 0 Å². The molecule has 4 aromatic carbocycles. The number of nitrogens with zero attached hydrogens (tertiary/aromatic N) is 7. The molecule has 318 valence electrons. The summed E-state index contributed by atoms with van der Waals surface area (Å²) in [6.45, 7) is 2.45. The normalized spacial score (nSPS) is 14.5. The van der Waals surface area contributed by atoms with Crippen LogP contribution in [0.1, 0.15) is 91.6 Å². The fraction of sp³-hybridized carbons (Fsp3) is 0.326. The van der Waals surface area contributed by atoms with Crippen molar-refractivity contribution in [2.24, 2.45) is 0 Å². The zero-order chi connectivity index (χ0) is 44.6. The molecule has 0 unspecified atom stereocenters. The smallest absolute Gasteiger partial charge is 0.339 e. The lowest BCUT2D eigenvalue weighted by Gasteiger charge is -2.37. The second-order valence-corrected chi connectivity index (χ2v) is 15.3. The maximum atomic E-state index is 14.1. The van der Waals surface area contributed by atoms with Gasteiger partial charge in [0.25, 0.3) is 11.8 Å². The van der Waals surface area contributed by atoms with Crippen LogP contribution >= 0.6 is 0 Å². The van der Waals surface area contributed by atoms with Crippen LogP contribution in [0.3, 0.4) is 0 Å². The molecule has 2 aliphatic heterocycles. The number of hydrazine groups is 1. The highest BCUT2D eigenvalue weighted by Crippen LogP contribution is 2.34. The molecule has 62 heavy (non-hydrogen) atoms. The Balaban J connectivity index is 1.32. The van der Waals surface area contributed by atoms with Crippen molar-refractivity contribution in [1.29, 1.82) is 15.8 Å². The number of urea groups is 2. The van der Waals surface area contributed by atoms with E-state index in [9.17, 15) is 37.6 Å². The summed E-state index contributed by atoms with van der Waals surface area (Å²) in [5, 5.41) is 33.4. The molecule has 4 aromatic rings. The fourth-order valence-electron chi connectivity index (χ4n) is 7.85. The van der Waals surface area contributed by atoms with E-state index in [2.05, 4.69) is 17.5 Å². The van der Waals surface area contributed by atoms with Crippen LogP contribution < -0.4 is 20.7 Å². The maximum Gasteiger partial charge on any atom is 0.405 e. The number of benzene rings is 4. The Morgan fingerprint density at radius 1 is 0.629 bits per heavy atom. The number of nitriles is 3. The van der Waals surface area contributed by atoms with Gasteiger partial charge < -0.3 is 20.4 Å². The highest BCUT2D eigenvalue weighted by molar-refractivity contribution is 6.08. The Kier molecular flexibility index (Phi) is 13.8. The summed E-state index contributed by atoms with van der Waals surface area (Å²) in [7, 11) is 0. The van der Waals surface area contributed by atoms with Gasteiger partial charge in [0.2, 0.25) is 0 Å². The first-order valence-electron chi connectivity index (χ1n) is 20.1. The van der Waals surface area contributed by atoms with E-state index in [1.54, 1.807) is 66.1 Å². The molecule has 0 bridgehead atoms. The van der Waals surface area contributed by atoms with Gasteiger partial charge in [-0.25, -0.2) is 9.59 Å². The van der Waals surface area contributed by atoms with Crippen LogP contribution in [0.25, 0.3) is 0 Å². The molecular formula is C46H44F3N9O4. The lowest BCUT2D eigenvalue weighted by molar-refractivity contribution is -0.122. The van der Waals surface area contributed by atoms with Crippen LogP contribution in [0.15, 0.2) is 84.9 Å². The Labute approximate surface area is 357 Å². The molecule has 16 heteroatoms. The first-order valence-corrected chi connectivity index (χ1v) is 20.1. The maximum absolute atomic E-state index is 14.1. The van der Waals surface area contributed by atoms with Crippen LogP contribution in [-0.2, 0) is 0 Å². The van der Waals surface area contributed by atoms with E-state index in [1.165, 1.54) is 24.3 Å². The van der Waals surface area contributed by atoms with Crippen molar-refractivity contribution in [3.8, 4) is 18.2 Å². The van der Waals surface area contributed by atoms with Gasteiger partial charge in [-0.05, 0) is 122 Å². The molecule has 2 fully saturated rings. The number of hydrogen-bond acceptors (Lipinski definition) is 7. The summed E-state index contributed by atoms with van der Waals surface area (Å²) in [6.07, 6.45) is -2.26. The monoisotopic (exact) mass is 843 g/mol. The summed E-state index contributed by atoms with van der Waals surface area (Å²) >= 11 is 0. The predicted molar refractivity (Wildman–Crippen MR) is 224 cm³/mol. The Morgan fingerprint density at radius 2 is 1.02 bits per heavy atom. The summed E-state index contributed by atoms with van der Waals surface area (Å²) in [4.78, 5) is 59.7. The lowest BCUT2D eigenvalue weighted by Crippen LogP contribution is -2.58. The SMILES string of the molecule is Cc1ccc(C(=O)N2CCC(c3ccc(C#N)cc3)CC2)cc1N(C(=O)NCC#N)N(C(=O)NCC(F)(F)F)c1cc(C(=O)N2CCC(c3ccc(C#N)cc3)CC2)ccc1C. The van der Waals surface area contributed by atoms with Crippen molar-refractivity contribution < 1.29 is 32.3 Å². The Bertz CT molecular complexity index is 2440. The van der Waals surface area contributed by atoms with Crippen molar-refractivity contribution in [2.75, 3.05) is 49.3 Å². The van der Waals surface area contributed by atoms with Gasteiger partial charge in [-0.1, -0.05) is 36.4 Å². The van der Waals surface area contributed by atoms with Crippen molar-refractivity contribution >= 4 is 35.3 Å². The molecule has 0 radical (unpaired) electrons. The van der Waals surface area contributed by atoms with Gasteiger partial charge in [-0.2, -0.15) is 39.0 Å². The Hall–Kier alpha value is -7.38. The van der Waals surface area contributed by atoms with E-state index in [0.29, 0.717) is 79.1 Å². The third-order valence-electron chi connectivity index (χ3n) is 11.3. The minimum atomic E-state index is -4.83. The summed E-state index contributed by atoms with van der Waals surface area (Å²) in [5.41, 5.74) is 3.98. The average molecular weight is 844 g/mol. The van der Waals surface area contributed by atoms with E-state index in [1.807, 2.05) is 29.6 Å². The van der Waals surface area contributed by atoms with Gasteiger partial charge in [-0.15, -0.1) is 0 Å². The topological polar surface area (TPSA) is 177 Å². The number of rotatable bonds is 8. The standard InChI is InChI=1S/C46H44F3N9O4/c1-30-3-9-38(42(59)55-21-15-36(16-22-55)34-11-5-32(27-51)6-12-34)25-40(30)57(44(61)53-20-19-50)58(45(62)54-29-46(47,48)49)41-26-39(10-4-31(41)2)43(60)56-23-17-37(18-24-56)35-13-7-33(28-52)8-14-35/h3-14,25-26,36-37H,15-18,20-24,29H2,1-2H3,(H,53,61)(H,54,62). The number of anilines is 2. The summed E-state index contributed by atoms with van der Waals surface area (Å²) < 4.78 is 40.8. The first-order chi connectivity index (χ1) is 29.7. The van der Waals surface area contributed by atoms with Crippen LogP contribution in [0, 0.1) is 47.8 Å². The molecule has 2 saturated heterocycles. The number of aryl methyl sites for hydroxylation is 2. The molecule has 0 aliphatic carbocycles. The van der Waals surface area contributed by atoms with Gasteiger partial charge in [0.05, 0.1) is 40.7 Å². The number of likely N-dealkylation sites (tertiary alicyclic amines) is 2. The van der Waals surface area contributed by atoms with Crippen LogP contribution in [0.2, 0.25) is 0 Å². The molecule has 0 aromatic heterocycles. The zero-order valence-corrected chi connectivity index (χ0v) is 34.2. The molecule has 13 nitrogen and oxygen atoms in total. The van der Waals surface area contributed by atoms with E-state index in [-0.39, 0.29) is 40.2 Å². The third kappa shape index (κ3) is 10.3. The molecular weight excluding hydrogens is 800 g/mol. The van der Waals surface area contributed by atoms with Gasteiger partial charge in [0.1, 0.15) is 13.1 Å². The average Bonchev–Trinajstić information content (AvgIpc) is 3.29. The van der Waals surface area contributed by atoms with Gasteiger partial charge in [0, 0.05) is 37.3 Å². The Morgan fingerprint density at radius 3 is 1.37 bits per heavy atom. The van der Waals surface area contributed by atoms with Crippen molar-refractivity contribution in [3.05, 3.63) is 129 Å². The lowest BCUT2D eigenvalue weighted by atomic mass is 9.89. The van der Waals surface area contributed by atoms with Gasteiger partial charge >= 0.3 is 18.2 Å². The van der Waals surface area contributed by atoms with Crippen LogP contribution in [0.4, 0.5) is 34.1 Å². The molecule has 2 aliphatic rings. The first kappa shape index (κ1) is 44.2. The quantitative estimate of drug-likeness (QED) is 0.134. The van der Waals surface area contributed by atoms with Crippen molar-refractivity contribution in [1.82, 2.24) is 20.4 Å². The number of nitrogens with one attached hydrogen (secondary N) is 2. The minimum absolute atomic E-state index is 0.0399. The van der Waals surface area contributed by atoms with Crippen LogP contribution in [0.5, 0.6) is 0 Å². The van der Waals surface area contributed by atoms with E-state index < -0.39 is 37.2 Å². The van der Waals surface area contributed by atoms with Crippen molar-refractivity contribution in [2.45, 2.75) is 57.5 Å². The molecule has 0 spiro atoms. The molecule has 6 amide bonds. The number of hydrogen-bond donors (Lipinski definition) is 2. The number of alkyl halides is 3. The third-order valence-corrected chi connectivity index (χ3v) is 11.3. The fourth-order valence-corrected chi connectivity index (χ4v) is 7.85. The van der Waals surface area contributed by atoms with E-state index in [0.717, 1.165) is 16.1 Å². The minimum Gasteiger partial charge on any atom is -0.339 e. The molecule has 2 N–H and O–H groups in total. The van der Waals surface area contributed by atoms with E-state index in [4.69, 9.17) is 10.5 Å². The van der Waals surface area contributed by atoms with Crippen LogP contribution in [-0.4, -0.2) is 79.1 Å². The number of amides is 6. The number of halogens is 3. The summed E-state index contributed by atoms with van der Waals surface area (Å²) in [5.74, 6) is -0.454. The highest BCUT2D eigenvalue weighted by atomic mass is 19.4. The largest absolute Gasteiger partial charge is 0.405 e.